The fourth-order valence-electron chi connectivity index (χ4n) is 2.72. The molecule has 2 rings (SSSR count). The first-order chi connectivity index (χ1) is 10.2. The average molecular weight is 314 g/mol. The molecule has 0 N–H and O–H groups in total. The third kappa shape index (κ3) is 4.25. The maximum absolute atomic E-state index is 6.39. The summed E-state index contributed by atoms with van der Waals surface area (Å²) < 4.78 is 16.4. The Kier molecular flexibility index (Phi) is 6.15. The van der Waals surface area contributed by atoms with Crippen molar-refractivity contribution in [2.45, 2.75) is 32.4 Å². The Hall–Kier alpha value is -0.970. The van der Waals surface area contributed by atoms with E-state index in [1.165, 1.54) is 0 Å². The van der Waals surface area contributed by atoms with E-state index in [0.29, 0.717) is 18.5 Å². The topological polar surface area (TPSA) is 30.9 Å². The lowest BCUT2D eigenvalue weighted by Gasteiger charge is -2.32. The maximum Gasteiger partial charge on any atom is 0.162 e. The number of likely N-dealkylation sites (tertiary alicyclic amines) is 1. The van der Waals surface area contributed by atoms with E-state index in [4.69, 9.17) is 25.8 Å². The van der Waals surface area contributed by atoms with Gasteiger partial charge in [-0.1, -0.05) is 11.6 Å². The summed E-state index contributed by atoms with van der Waals surface area (Å²) in [6, 6.07) is 3.82. The normalized spacial score (nSPS) is 19.5. The molecule has 0 saturated carbocycles. The highest BCUT2D eigenvalue weighted by Gasteiger charge is 2.21. The molecule has 0 radical (unpaired) electrons. The molecule has 1 aromatic carbocycles. The minimum atomic E-state index is 0.321. The summed E-state index contributed by atoms with van der Waals surface area (Å²) in [5, 5.41) is 0.721. The van der Waals surface area contributed by atoms with Crippen molar-refractivity contribution in [3.8, 4) is 11.5 Å². The zero-order valence-electron chi connectivity index (χ0n) is 13.0. The van der Waals surface area contributed by atoms with Crippen LogP contribution in [0.1, 0.15) is 25.3 Å². The Bertz CT molecular complexity index is 467. The Morgan fingerprint density at radius 2 is 2.10 bits per heavy atom. The van der Waals surface area contributed by atoms with E-state index in [2.05, 4.69) is 4.90 Å². The van der Waals surface area contributed by atoms with E-state index in [1.807, 2.05) is 19.1 Å². The average Bonchev–Trinajstić information content (AvgIpc) is 2.50. The first-order valence-electron chi connectivity index (χ1n) is 7.42. The van der Waals surface area contributed by atoms with Crippen molar-refractivity contribution in [3.63, 3.8) is 0 Å². The van der Waals surface area contributed by atoms with Crippen molar-refractivity contribution in [3.05, 3.63) is 22.7 Å². The summed E-state index contributed by atoms with van der Waals surface area (Å²) in [6.45, 7) is 5.36. The number of hydrogen-bond donors (Lipinski definition) is 0. The van der Waals surface area contributed by atoms with Crippen LogP contribution in [0.5, 0.6) is 11.5 Å². The predicted octanol–water partition coefficient (Wildman–Crippen LogP) is 3.36. The zero-order valence-corrected chi connectivity index (χ0v) is 13.8. The summed E-state index contributed by atoms with van der Waals surface area (Å²) in [6.07, 6.45) is 2.61. The molecule has 0 bridgehead atoms. The molecule has 1 aliphatic heterocycles. The van der Waals surface area contributed by atoms with Crippen LogP contribution < -0.4 is 9.47 Å². The molecular formula is C16H24ClNO3. The summed E-state index contributed by atoms with van der Waals surface area (Å²) in [5.41, 5.74) is 1.06. The standard InChI is InChI=1S/C16H24ClNO3/c1-4-21-16-9-14(17)12(8-15(16)20-3)10-18-7-5-6-13(11-18)19-2/h8-9,13H,4-7,10-11H2,1-3H3/t13-/m0/s1. The van der Waals surface area contributed by atoms with Crippen molar-refractivity contribution >= 4 is 11.6 Å². The molecule has 0 spiro atoms. The van der Waals surface area contributed by atoms with Gasteiger partial charge in [-0.05, 0) is 37.9 Å². The van der Waals surface area contributed by atoms with Crippen LogP contribution in [0.2, 0.25) is 5.02 Å². The van der Waals surface area contributed by atoms with Crippen LogP contribution in [-0.4, -0.2) is 44.9 Å². The van der Waals surface area contributed by atoms with E-state index in [-0.39, 0.29) is 0 Å². The fourth-order valence-corrected chi connectivity index (χ4v) is 2.93. The molecule has 0 unspecified atom stereocenters. The zero-order chi connectivity index (χ0) is 15.2. The SMILES string of the molecule is CCOc1cc(Cl)c(CN2CCC[C@H](OC)C2)cc1OC. The molecule has 0 aromatic heterocycles. The van der Waals surface area contributed by atoms with Crippen molar-refractivity contribution in [1.82, 2.24) is 4.90 Å². The molecule has 0 amide bonds. The van der Waals surface area contributed by atoms with E-state index < -0.39 is 0 Å². The first kappa shape index (κ1) is 16.4. The van der Waals surface area contributed by atoms with Crippen LogP contribution in [0.25, 0.3) is 0 Å². The van der Waals surface area contributed by atoms with Crippen LogP contribution in [0.3, 0.4) is 0 Å². The number of methoxy groups -OCH3 is 2. The molecule has 118 valence electrons. The monoisotopic (exact) mass is 313 g/mol. The Morgan fingerprint density at radius 1 is 1.29 bits per heavy atom. The molecule has 1 saturated heterocycles. The highest BCUT2D eigenvalue weighted by atomic mass is 35.5. The van der Waals surface area contributed by atoms with Gasteiger partial charge in [-0.15, -0.1) is 0 Å². The Morgan fingerprint density at radius 3 is 2.76 bits per heavy atom. The molecule has 5 heteroatoms. The van der Waals surface area contributed by atoms with Gasteiger partial charge in [-0.3, -0.25) is 4.90 Å². The van der Waals surface area contributed by atoms with Crippen molar-refractivity contribution < 1.29 is 14.2 Å². The molecule has 1 aromatic rings. The minimum Gasteiger partial charge on any atom is -0.493 e. The van der Waals surface area contributed by atoms with Gasteiger partial charge in [-0.2, -0.15) is 0 Å². The van der Waals surface area contributed by atoms with Gasteiger partial charge in [0, 0.05) is 31.3 Å². The van der Waals surface area contributed by atoms with Gasteiger partial charge < -0.3 is 14.2 Å². The van der Waals surface area contributed by atoms with E-state index in [0.717, 1.165) is 48.8 Å². The molecular weight excluding hydrogens is 290 g/mol. The summed E-state index contributed by atoms with van der Waals surface area (Å²) in [5.74, 6) is 1.43. The van der Waals surface area contributed by atoms with Gasteiger partial charge in [-0.25, -0.2) is 0 Å². The maximum atomic E-state index is 6.39. The van der Waals surface area contributed by atoms with Crippen molar-refractivity contribution in [1.29, 1.82) is 0 Å². The number of benzene rings is 1. The quantitative estimate of drug-likeness (QED) is 0.806. The lowest BCUT2D eigenvalue weighted by Crippen LogP contribution is -2.38. The number of piperidine rings is 1. The number of halogens is 1. The molecule has 1 aliphatic rings. The van der Waals surface area contributed by atoms with Gasteiger partial charge in [0.15, 0.2) is 11.5 Å². The molecule has 1 atom stereocenters. The van der Waals surface area contributed by atoms with Crippen LogP contribution >= 0.6 is 11.6 Å². The molecule has 4 nitrogen and oxygen atoms in total. The molecule has 1 heterocycles. The lowest BCUT2D eigenvalue weighted by molar-refractivity contribution is 0.0285. The lowest BCUT2D eigenvalue weighted by atomic mass is 10.1. The highest BCUT2D eigenvalue weighted by Crippen LogP contribution is 2.34. The van der Waals surface area contributed by atoms with Gasteiger partial charge in [0.2, 0.25) is 0 Å². The summed E-state index contributed by atoms with van der Waals surface area (Å²) in [4.78, 5) is 2.37. The Labute approximate surface area is 131 Å². The Balaban J connectivity index is 2.12. The second-order valence-electron chi connectivity index (χ2n) is 5.26. The smallest absolute Gasteiger partial charge is 0.162 e. The number of ether oxygens (including phenoxy) is 3. The number of rotatable bonds is 6. The van der Waals surface area contributed by atoms with E-state index >= 15 is 0 Å². The molecule has 0 aliphatic carbocycles. The minimum absolute atomic E-state index is 0.321. The number of nitrogens with zero attached hydrogens (tertiary/aromatic N) is 1. The van der Waals surface area contributed by atoms with Gasteiger partial charge in [0.1, 0.15) is 0 Å². The highest BCUT2D eigenvalue weighted by molar-refractivity contribution is 6.31. The van der Waals surface area contributed by atoms with Gasteiger partial charge in [0.05, 0.1) is 19.8 Å². The molecule has 21 heavy (non-hydrogen) atoms. The number of hydrogen-bond acceptors (Lipinski definition) is 4. The summed E-state index contributed by atoms with van der Waals surface area (Å²) in [7, 11) is 3.43. The van der Waals surface area contributed by atoms with Crippen LogP contribution in [0.15, 0.2) is 12.1 Å². The van der Waals surface area contributed by atoms with Crippen LogP contribution in [-0.2, 0) is 11.3 Å². The van der Waals surface area contributed by atoms with Crippen molar-refractivity contribution in [2.75, 3.05) is 33.9 Å². The second-order valence-corrected chi connectivity index (χ2v) is 5.67. The third-order valence-corrected chi connectivity index (χ3v) is 4.17. The van der Waals surface area contributed by atoms with E-state index in [1.54, 1.807) is 14.2 Å². The summed E-state index contributed by atoms with van der Waals surface area (Å²) >= 11 is 6.39. The van der Waals surface area contributed by atoms with Crippen LogP contribution in [0.4, 0.5) is 0 Å². The van der Waals surface area contributed by atoms with Gasteiger partial charge >= 0.3 is 0 Å². The predicted molar refractivity (Wildman–Crippen MR) is 84.5 cm³/mol. The van der Waals surface area contributed by atoms with Crippen LogP contribution in [0, 0.1) is 0 Å². The molecule has 1 fully saturated rings. The first-order valence-corrected chi connectivity index (χ1v) is 7.80. The van der Waals surface area contributed by atoms with E-state index in [9.17, 15) is 0 Å². The largest absolute Gasteiger partial charge is 0.493 e. The second kappa shape index (κ2) is 7.87. The fraction of sp³-hybridized carbons (Fsp3) is 0.625. The van der Waals surface area contributed by atoms with Gasteiger partial charge in [0.25, 0.3) is 0 Å². The third-order valence-electron chi connectivity index (χ3n) is 3.82. The van der Waals surface area contributed by atoms with Crippen molar-refractivity contribution in [2.24, 2.45) is 0 Å².